The molecule has 2 aromatic carbocycles. The number of amides is 3. The number of carbonyl (C=O) groups is 3. The van der Waals surface area contributed by atoms with Crippen LogP contribution in [0.3, 0.4) is 0 Å². The van der Waals surface area contributed by atoms with Gasteiger partial charge in [0, 0.05) is 39.1 Å². The molecule has 0 spiro atoms. The zero-order chi connectivity index (χ0) is 21.5. The van der Waals surface area contributed by atoms with Crippen LogP contribution in [-0.4, -0.2) is 47.2 Å². The number of hydrogen-bond acceptors (Lipinski definition) is 3. The summed E-state index contributed by atoms with van der Waals surface area (Å²) >= 11 is 0. The number of benzene rings is 2. The number of nitrogens with one attached hydrogen (secondary N) is 1. The molecule has 1 heterocycles. The van der Waals surface area contributed by atoms with Gasteiger partial charge in [0.25, 0.3) is 0 Å². The summed E-state index contributed by atoms with van der Waals surface area (Å²) in [5.74, 6) is -2.04. The first kappa shape index (κ1) is 21.4. The van der Waals surface area contributed by atoms with Crippen LogP contribution in [-0.2, 0) is 27.5 Å². The normalized spacial score (nSPS) is 14.2. The van der Waals surface area contributed by atoms with E-state index in [-0.39, 0.29) is 30.5 Å². The van der Waals surface area contributed by atoms with Crippen molar-refractivity contribution in [1.82, 2.24) is 15.1 Å². The van der Waals surface area contributed by atoms with Crippen molar-refractivity contribution in [2.24, 2.45) is 0 Å². The predicted octanol–water partition coefficient (Wildman–Crippen LogP) is 2.23. The van der Waals surface area contributed by atoms with Crippen molar-refractivity contribution in [3.63, 3.8) is 0 Å². The number of carbonyl (C=O) groups excluding carboxylic acids is 3. The second-order valence-electron chi connectivity index (χ2n) is 7.15. The van der Waals surface area contributed by atoms with Crippen LogP contribution in [0.4, 0.5) is 8.78 Å². The van der Waals surface area contributed by atoms with E-state index in [1.54, 1.807) is 24.3 Å². The first-order valence-corrected chi connectivity index (χ1v) is 9.76. The molecule has 1 saturated heterocycles. The van der Waals surface area contributed by atoms with Crippen molar-refractivity contribution in [1.29, 1.82) is 0 Å². The molecule has 0 bridgehead atoms. The molecule has 0 radical (unpaired) electrons. The van der Waals surface area contributed by atoms with Crippen LogP contribution in [0, 0.1) is 11.6 Å². The number of nitrogens with zero attached hydrogens (tertiary/aromatic N) is 2. The fraction of sp³-hybridized carbons (Fsp3) is 0.318. The number of rotatable bonds is 8. The van der Waals surface area contributed by atoms with Crippen LogP contribution in [0.2, 0.25) is 0 Å². The Morgan fingerprint density at radius 2 is 1.37 bits per heavy atom. The first-order chi connectivity index (χ1) is 14.4. The van der Waals surface area contributed by atoms with Gasteiger partial charge in [-0.3, -0.25) is 14.4 Å². The smallest absolute Gasteiger partial charge is 0.312 e. The topological polar surface area (TPSA) is 69.7 Å². The van der Waals surface area contributed by atoms with Crippen LogP contribution >= 0.6 is 0 Å². The Labute approximate surface area is 173 Å². The summed E-state index contributed by atoms with van der Waals surface area (Å²) in [7, 11) is 0. The molecule has 0 aromatic heterocycles. The minimum absolute atomic E-state index is 0.173. The zero-order valence-electron chi connectivity index (χ0n) is 16.4. The second kappa shape index (κ2) is 9.96. The zero-order valence-corrected chi connectivity index (χ0v) is 16.4. The Morgan fingerprint density at radius 1 is 0.833 bits per heavy atom. The van der Waals surface area contributed by atoms with Crippen LogP contribution in [0.5, 0.6) is 0 Å². The highest BCUT2D eigenvalue weighted by atomic mass is 19.1. The highest BCUT2D eigenvalue weighted by Gasteiger charge is 2.32. The van der Waals surface area contributed by atoms with Crippen molar-refractivity contribution in [2.45, 2.75) is 25.9 Å². The van der Waals surface area contributed by atoms with Gasteiger partial charge >= 0.3 is 11.8 Å². The maximum Gasteiger partial charge on any atom is 0.312 e. The standard InChI is InChI=1S/C22H23F2N3O3/c23-18-7-3-16(4-8-18)14-25-20(28)2-1-11-26-12-13-27(22(30)21(26)29)15-17-5-9-19(24)10-6-17/h3-10H,1-2,11-15H2,(H,25,28). The van der Waals surface area contributed by atoms with E-state index in [4.69, 9.17) is 0 Å². The Morgan fingerprint density at radius 3 is 2.00 bits per heavy atom. The van der Waals surface area contributed by atoms with Crippen LogP contribution in [0.25, 0.3) is 0 Å². The molecular weight excluding hydrogens is 392 g/mol. The number of halogens is 2. The molecule has 158 valence electrons. The van der Waals surface area contributed by atoms with Gasteiger partial charge in [-0.1, -0.05) is 24.3 Å². The van der Waals surface area contributed by atoms with Gasteiger partial charge in [0.15, 0.2) is 0 Å². The highest BCUT2D eigenvalue weighted by molar-refractivity contribution is 6.35. The van der Waals surface area contributed by atoms with Crippen molar-refractivity contribution in [3.05, 3.63) is 71.3 Å². The van der Waals surface area contributed by atoms with Gasteiger partial charge in [-0.2, -0.15) is 0 Å². The summed E-state index contributed by atoms with van der Waals surface area (Å²) in [5.41, 5.74) is 1.55. The van der Waals surface area contributed by atoms with E-state index in [1.807, 2.05) is 0 Å². The summed E-state index contributed by atoms with van der Waals surface area (Å²) in [6, 6.07) is 11.7. The summed E-state index contributed by atoms with van der Waals surface area (Å²) in [5, 5.41) is 2.75. The molecule has 3 rings (SSSR count). The summed E-state index contributed by atoms with van der Waals surface area (Å²) in [6.45, 7) is 1.66. The van der Waals surface area contributed by atoms with Gasteiger partial charge in [-0.15, -0.1) is 0 Å². The molecule has 8 heteroatoms. The fourth-order valence-electron chi connectivity index (χ4n) is 3.21. The third-order valence-corrected chi connectivity index (χ3v) is 4.92. The lowest BCUT2D eigenvalue weighted by Gasteiger charge is -2.33. The maximum atomic E-state index is 13.0. The Kier molecular flexibility index (Phi) is 7.11. The molecule has 1 aliphatic rings. The summed E-state index contributed by atoms with van der Waals surface area (Å²) < 4.78 is 25.9. The Balaban J connectivity index is 1.39. The molecular formula is C22H23F2N3O3. The molecule has 30 heavy (non-hydrogen) atoms. The van der Waals surface area contributed by atoms with Crippen LogP contribution in [0.1, 0.15) is 24.0 Å². The van der Waals surface area contributed by atoms with Gasteiger partial charge in [-0.05, 0) is 41.8 Å². The van der Waals surface area contributed by atoms with E-state index in [1.165, 1.54) is 34.1 Å². The molecule has 0 aliphatic carbocycles. The van der Waals surface area contributed by atoms with E-state index < -0.39 is 11.8 Å². The Bertz CT molecular complexity index is 901. The molecule has 1 fully saturated rings. The molecule has 6 nitrogen and oxygen atoms in total. The van der Waals surface area contributed by atoms with E-state index in [0.717, 1.165) is 11.1 Å². The number of piperazine rings is 1. The largest absolute Gasteiger partial charge is 0.352 e. The van der Waals surface area contributed by atoms with E-state index >= 15 is 0 Å². The third kappa shape index (κ3) is 5.85. The molecule has 1 N–H and O–H groups in total. The van der Waals surface area contributed by atoms with Gasteiger partial charge in [0.2, 0.25) is 5.91 Å². The molecule has 2 aromatic rings. The molecule has 0 atom stereocenters. The van der Waals surface area contributed by atoms with Crippen molar-refractivity contribution < 1.29 is 23.2 Å². The Hall–Kier alpha value is -3.29. The van der Waals surface area contributed by atoms with Gasteiger partial charge in [-0.25, -0.2) is 8.78 Å². The molecule has 0 unspecified atom stereocenters. The van der Waals surface area contributed by atoms with Gasteiger partial charge in [0.05, 0.1) is 0 Å². The van der Waals surface area contributed by atoms with Gasteiger partial charge < -0.3 is 15.1 Å². The van der Waals surface area contributed by atoms with Crippen molar-refractivity contribution >= 4 is 17.7 Å². The van der Waals surface area contributed by atoms with Crippen LogP contribution in [0.15, 0.2) is 48.5 Å². The minimum Gasteiger partial charge on any atom is -0.352 e. The van der Waals surface area contributed by atoms with Crippen LogP contribution < -0.4 is 5.32 Å². The predicted molar refractivity (Wildman–Crippen MR) is 106 cm³/mol. The lowest BCUT2D eigenvalue weighted by atomic mass is 10.1. The lowest BCUT2D eigenvalue weighted by molar-refractivity contribution is -0.156. The quantitative estimate of drug-likeness (QED) is 0.673. The van der Waals surface area contributed by atoms with Crippen molar-refractivity contribution in [3.8, 4) is 0 Å². The summed E-state index contributed by atoms with van der Waals surface area (Å²) in [6.07, 6.45) is 0.657. The monoisotopic (exact) mass is 415 g/mol. The maximum absolute atomic E-state index is 13.0. The van der Waals surface area contributed by atoms with E-state index in [0.29, 0.717) is 32.6 Å². The first-order valence-electron chi connectivity index (χ1n) is 9.76. The van der Waals surface area contributed by atoms with Crippen molar-refractivity contribution in [2.75, 3.05) is 19.6 Å². The fourth-order valence-corrected chi connectivity index (χ4v) is 3.21. The average molecular weight is 415 g/mol. The highest BCUT2D eigenvalue weighted by Crippen LogP contribution is 2.12. The number of hydrogen-bond donors (Lipinski definition) is 1. The second-order valence-corrected chi connectivity index (χ2v) is 7.15. The lowest BCUT2D eigenvalue weighted by Crippen LogP contribution is -2.54. The molecule has 3 amide bonds. The molecule has 0 saturated carbocycles. The SMILES string of the molecule is O=C(CCCN1CCN(Cc2ccc(F)cc2)C(=O)C1=O)NCc1ccc(F)cc1. The molecule has 1 aliphatic heterocycles. The third-order valence-electron chi connectivity index (χ3n) is 4.92. The average Bonchev–Trinajstić information content (AvgIpc) is 2.74. The summed E-state index contributed by atoms with van der Waals surface area (Å²) in [4.78, 5) is 39.5. The minimum atomic E-state index is -0.591. The van der Waals surface area contributed by atoms with E-state index in [9.17, 15) is 23.2 Å². The van der Waals surface area contributed by atoms with Gasteiger partial charge in [0.1, 0.15) is 11.6 Å². The van der Waals surface area contributed by atoms with E-state index in [2.05, 4.69) is 5.32 Å².